The van der Waals surface area contributed by atoms with Crippen LogP contribution in [0.15, 0.2) is 36.9 Å². The van der Waals surface area contributed by atoms with Gasteiger partial charge in [0, 0.05) is 40.2 Å². The van der Waals surface area contributed by atoms with Crippen molar-refractivity contribution in [2.45, 2.75) is 38.3 Å². The maximum absolute atomic E-state index is 12.0. The number of nitrogens with zero attached hydrogens (tertiary/aromatic N) is 2. The van der Waals surface area contributed by atoms with Gasteiger partial charge < -0.3 is 9.67 Å². The van der Waals surface area contributed by atoms with Crippen molar-refractivity contribution in [1.29, 1.82) is 0 Å². The molecule has 0 aliphatic rings. The molecule has 0 radical (unpaired) electrons. The number of unbranched alkanes of at least 4 members (excludes halogenated alkanes) is 1. The molecule has 24 heavy (non-hydrogen) atoms. The van der Waals surface area contributed by atoms with E-state index in [9.17, 15) is 9.90 Å². The first-order chi connectivity index (χ1) is 11.4. The van der Waals surface area contributed by atoms with Crippen LogP contribution in [0.25, 0.3) is 0 Å². The molecule has 0 saturated heterocycles. The highest BCUT2D eigenvalue weighted by Crippen LogP contribution is 2.35. The van der Waals surface area contributed by atoms with E-state index in [-0.39, 0.29) is 17.4 Å². The van der Waals surface area contributed by atoms with E-state index in [4.69, 9.17) is 23.2 Å². The molecule has 0 amide bonds. The second-order valence-corrected chi connectivity index (χ2v) is 7.53. The Morgan fingerprint density at radius 2 is 2.21 bits per heavy atom. The number of rotatable bonds is 8. The van der Waals surface area contributed by atoms with Crippen LogP contribution in [0.3, 0.4) is 0 Å². The molecular formula is C17H20Cl2N2O2S. The van der Waals surface area contributed by atoms with Crippen molar-refractivity contribution in [1.82, 2.24) is 9.55 Å². The summed E-state index contributed by atoms with van der Waals surface area (Å²) in [6.45, 7) is 2.29. The topological polar surface area (TPSA) is 55.1 Å². The first-order valence-corrected chi connectivity index (χ1v) is 9.48. The van der Waals surface area contributed by atoms with Gasteiger partial charge in [0.2, 0.25) is 0 Å². The Morgan fingerprint density at radius 1 is 1.42 bits per heavy atom. The normalized spacial score (nSPS) is 13.7. The van der Waals surface area contributed by atoms with Crippen molar-refractivity contribution in [3.8, 4) is 0 Å². The molecule has 1 heterocycles. The molecule has 0 spiro atoms. The minimum Gasteiger partial charge on any atom is -0.382 e. The number of halogens is 2. The summed E-state index contributed by atoms with van der Waals surface area (Å²) < 4.78 is 1.77. The monoisotopic (exact) mass is 386 g/mol. The van der Waals surface area contributed by atoms with Crippen LogP contribution in [0.2, 0.25) is 10.0 Å². The lowest BCUT2D eigenvalue weighted by molar-refractivity contribution is -0.111. The molecule has 0 fully saturated rings. The van der Waals surface area contributed by atoms with Crippen molar-refractivity contribution in [2.75, 3.05) is 5.75 Å². The number of thioether (sulfide) groups is 1. The number of carbonyl (C=O) groups excluding carboxylic acids is 1. The van der Waals surface area contributed by atoms with E-state index in [1.807, 2.05) is 6.92 Å². The molecule has 0 bridgehead atoms. The van der Waals surface area contributed by atoms with Crippen LogP contribution in [-0.2, 0) is 16.9 Å². The molecule has 2 rings (SSSR count). The quantitative estimate of drug-likeness (QED) is 0.723. The fourth-order valence-corrected chi connectivity index (χ4v) is 3.87. The van der Waals surface area contributed by atoms with Gasteiger partial charge in [-0.2, -0.15) is 0 Å². The van der Waals surface area contributed by atoms with Crippen molar-refractivity contribution in [3.05, 3.63) is 52.5 Å². The van der Waals surface area contributed by atoms with Gasteiger partial charge in [0.05, 0.1) is 12.9 Å². The zero-order valence-corrected chi connectivity index (χ0v) is 15.7. The Hall–Kier alpha value is -1.01. The highest BCUT2D eigenvalue weighted by atomic mass is 35.5. The summed E-state index contributed by atoms with van der Waals surface area (Å²) in [5.41, 5.74) is -0.743. The zero-order chi connectivity index (χ0) is 17.6. The molecule has 1 atom stereocenters. The number of carbonyl (C=O) groups is 1. The Labute approximate surface area is 156 Å². The summed E-state index contributed by atoms with van der Waals surface area (Å²) in [7, 11) is 0. The number of hydrogen-bond donors (Lipinski definition) is 1. The van der Waals surface area contributed by atoms with Crippen LogP contribution in [0.5, 0.6) is 0 Å². The van der Waals surface area contributed by atoms with Crippen LogP contribution in [0.1, 0.15) is 31.7 Å². The fourth-order valence-electron chi connectivity index (χ4n) is 2.35. The molecule has 1 unspecified atom stereocenters. The smallest absolute Gasteiger partial charge is 0.189 e. The molecule has 0 aliphatic heterocycles. The van der Waals surface area contributed by atoms with E-state index in [1.54, 1.807) is 41.5 Å². The van der Waals surface area contributed by atoms with Gasteiger partial charge in [0.1, 0.15) is 5.60 Å². The molecule has 7 heteroatoms. The molecule has 1 aromatic carbocycles. The average Bonchev–Trinajstić information content (AvgIpc) is 3.03. The Kier molecular flexibility index (Phi) is 7.16. The minimum atomic E-state index is -1.30. The maximum atomic E-state index is 12.0. The molecule has 4 nitrogen and oxygen atoms in total. The van der Waals surface area contributed by atoms with Crippen LogP contribution in [-0.4, -0.2) is 25.5 Å². The number of imidazole rings is 1. The third kappa shape index (κ3) is 5.24. The SMILES string of the molecule is CCCCC(=O)SCC(O)(Cn1ccnc1)c1ccc(Cl)cc1Cl. The summed E-state index contributed by atoms with van der Waals surface area (Å²) in [5.74, 6) is 0.217. The number of benzene rings is 1. The lowest BCUT2D eigenvalue weighted by Gasteiger charge is -2.29. The Balaban J connectivity index is 2.22. The summed E-state index contributed by atoms with van der Waals surface area (Å²) in [5, 5.41) is 12.2. The second kappa shape index (κ2) is 8.90. The fraction of sp³-hybridized carbons (Fsp3) is 0.412. The first kappa shape index (κ1) is 19.3. The number of aromatic nitrogens is 2. The molecule has 0 aliphatic carbocycles. The number of hydrogen-bond acceptors (Lipinski definition) is 4. The zero-order valence-electron chi connectivity index (χ0n) is 13.4. The van der Waals surface area contributed by atoms with Gasteiger partial charge in [-0.25, -0.2) is 4.98 Å². The van der Waals surface area contributed by atoms with Gasteiger partial charge in [-0.1, -0.05) is 54.4 Å². The van der Waals surface area contributed by atoms with Crippen LogP contribution < -0.4 is 0 Å². The molecular weight excluding hydrogens is 367 g/mol. The maximum Gasteiger partial charge on any atom is 0.189 e. The summed E-state index contributed by atoms with van der Waals surface area (Å²) >= 11 is 13.4. The van der Waals surface area contributed by atoms with Crippen LogP contribution in [0.4, 0.5) is 0 Å². The van der Waals surface area contributed by atoms with Gasteiger partial charge in [-0.15, -0.1) is 0 Å². The predicted molar refractivity (Wildman–Crippen MR) is 99.6 cm³/mol. The van der Waals surface area contributed by atoms with Crippen molar-refractivity contribution < 1.29 is 9.90 Å². The van der Waals surface area contributed by atoms with Crippen LogP contribution >= 0.6 is 35.0 Å². The highest BCUT2D eigenvalue weighted by Gasteiger charge is 2.33. The Bertz CT molecular complexity index is 679. The van der Waals surface area contributed by atoms with E-state index in [2.05, 4.69) is 4.98 Å². The molecule has 1 N–H and O–H groups in total. The highest BCUT2D eigenvalue weighted by molar-refractivity contribution is 8.13. The van der Waals surface area contributed by atoms with Crippen LogP contribution in [0, 0.1) is 0 Å². The summed E-state index contributed by atoms with van der Waals surface area (Å²) in [6.07, 6.45) is 7.36. The van der Waals surface area contributed by atoms with E-state index in [0.717, 1.165) is 24.6 Å². The third-order valence-electron chi connectivity index (χ3n) is 3.64. The second-order valence-electron chi connectivity index (χ2n) is 5.66. The summed E-state index contributed by atoms with van der Waals surface area (Å²) in [4.78, 5) is 16.0. The van der Waals surface area contributed by atoms with Gasteiger partial charge in [-0.3, -0.25) is 4.79 Å². The third-order valence-corrected chi connectivity index (χ3v) is 5.34. The molecule has 1 aromatic heterocycles. The number of aliphatic hydroxyl groups is 1. The van der Waals surface area contributed by atoms with E-state index >= 15 is 0 Å². The van der Waals surface area contributed by atoms with Gasteiger partial charge in [-0.05, 0) is 18.6 Å². The van der Waals surface area contributed by atoms with Gasteiger partial charge in [0.25, 0.3) is 0 Å². The van der Waals surface area contributed by atoms with Gasteiger partial charge in [0.15, 0.2) is 5.12 Å². The summed E-state index contributed by atoms with van der Waals surface area (Å²) in [6, 6.07) is 4.99. The average molecular weight is 387 g/mol. The van der Waals surface area contributed by atoms with Gasteiger partial charge >= 0.3 is 0 Å². The molecule has 2 aromatic rings. The predicted octanol–water partition coefficient (Wildman–Crippen LogP) is 4.53. The van der Waals surface area contributed by atoms with E-state index < -0.39 is 5.60 Å². The molecule has 0 saturated carbocycles. The largest absolute Gasteiger partial charge is 0.382 e. The van der Waals surface area contributed by atoms with E-state index in [1.165, 1.54) is 0 Å². The lowest BCUT2D eigenvalue weighted by atomic mass is 9.95. The minimum absolute atomic E-state index is 0.0750. The van der Waals surface area contributed by atoms with Crippen molar-refractivity contribution in [2.24, 2.45) is 0 Å². The van der Waals surface area contributed by atoms with Crippen molar-refractivity contribution in [3.63, 3.8) is 0 Å². The van der Waals surface area contributed by atoms with E-state index in [0.29, 0.717) is 22.0 Å². The standard InChI is InChI=1S/C17H20Cl2N2O2S/c1-2-3-4-16(22)24-11-17(23,10-21-8-7-20-12-21)14-6-5-13(18)9-15(14)19/h5-9,12,23H,2-4,10-11H2,1H3. The first-order valence-electron chi connectivity index (χ1n) is 7.74. The van der Waals surface area contributed by atoms with Crippen molar-refractivity contribution >= 4 is 40.1 Å². The lowest BCUT2D eigenvalue weighted by Crippen LogP contribution is -2.34. The Morgan fingerprint density at radius 3 is 2.83 bits per heavy atom. The molecule has 130 valence electrons.